The maximum Gasteiger partial charge on any atom is 0.418 e. The van der Waals surface area contributed by atoms with Gasteiger partial charge in [0.05, 0.1) is 11.1 Å². The number of alkyl halides is 3. The molecule has 2 aromatic carbocycles. The Morgan fingerprint density at radius 1 is 1.08 bits per heavy atom. The Morgan fingerprint density at radius 2 is 1.84 bits per heavy atom. The van der Waals surface area contributed by atoms with Crippen molar-refractivity contribution in [3.63, 3.8) is 0 Å². The molecule has 130 valence electrons. The summed E-state index contributed by atoms with van der Waals surface area (Å²) in [5.41, 5.74) is 0.0742. The quantitative estimate of drug-likeness (QED) is 0.677. The Kier molecular flexibility index (Phi) is 4.81. The van der Waals surface area contributed by atoms with Gasteiger partial charge in [-0.05, 0) is 37.1 Å². The molecule has 0 radical (unpaired) electrons. The van der Waals surface area contributed by atoms with Crippen molar-refractivity contribution in [2.75, 3.05) is 5.32 Å². The second-order valence-electron chi connectivity index (χ2n) is 5.76. The van der Waals surface area contributed by atoms with Crippen LogP contribution in [0.2, 0.25) is 5.02 Å². The molecule has 0 saturated carbocycles. The average Bonchev–Trinajstić information content (AvgIpc) is 2.56. The number of para-hydroxylation sites is 1. The zero-order valence-electron chi connectivity index (χ0n) is 13.3. The predicted octanol–water partition coefficient (Wildman–Crippen LogP) is 5.35. The van der Waals surface area contributed by atoms with E-state index in [4.69, 9.17) is 11.6 Å². The van der Waals surface area contributed by atoms with E-state index < -0.39 is 11.7 Å². The first-order valence-corrected chi connectivity index (χ1v) is 8.05. The maximum atomic E-state index is 13.1. The lowest BCUT2D eigenvalue weighted by Gasteiger charge is -2.17. The van der Waals surface area contributed by atoms with Crippen LogP contribution in [0.5, 0.6) is 0 Å². The maximum absolute atomic E-state index is 13.1. The third-order valence-electron chi connectivity index (χ3n) is 3.84. The second kappa shape index (κ2) is 6.88. The summed E-state index contributed by atoms with van der Waals surface area (Å²) in [6.45, 7) is 1.92. The van der Waals surface area contributed by atoms with Crippen LogP contribution in [0.1, 0.15) is 18.1 Å². The van der Waals surface area contributed by atoms with Crippen molar-refractivity contribution in [3.05, 3.63) is 64.9 Å². The smallest absolute Gasteiger partial charge is 0.367 e. The molecule has 3 rings (SSSR count). The highest BCUT2D eigenvalue weighted by Gasteiger charge is 2.33. The standard InChI is InChI=1S/C18H15ClF3N3/c1-11(9-12-5-2-3-8-15(12)19)25-17-13-6-4-7-14(18(20,21)22)16(13)23-10-24-17/h2-8,10-11H,9H2,1H3,(H,23,24,25). The largest absolute Gasteiger partial charge is 0.418 e. The molecule has 0 aliphatic heterocycles. The topological polar surface area (TPSA) is 37.8 Å². The monoisotopic (exact) mass is 365 g/mol. The molecule has 0 bridgehead atoms. The van der Waals surface area contributed by atoms with Crippen LogP contribution >= 0.6 is 11.6 Å². The number of hydrogen-bond donors (Lipinski definition) is 1. The number of aromatic nitrogens is 2. The van der Waals surface area contributed by atoms with Gasteiger partial charge in [0.15, 0.2) is 0 Å². The summed E-state index contributed by atoms with van der Waals surface area (Å²) < 4.78 is 39.4. The first-order chi connectivity index (χ1) is 11.9. The highest BCUT2D eigenvalue weighted by Crippen LogP contribution is 2.35. The fourth-order valence-electron chi connectivity index (χ4n) is 2.71. The van der Waals surface area contributed by atoms with Crippen molar-refractivity contribution >= 4 is 28.3 Å². The highest BCUT2D eigenvalue weighted by molar-refractivity contribution is 6.31. The first-order valence-electron chi connectivity index (χ1n) is 7.67. The van der Waals surface area contributed by atoms with Crippen LogP contribution < -0.4 is 5.32 Å². The van der Waals surface area contributed by atoms with E-state index in [1.807, 2.05) is 25.1 Å². The molecule has 1 N–H and O–H groups in total. The number of hydrogen-bond acceptors (Lipinski definition) is 3. The average molecular weight is 366 g/mol. The van der Waals surface area contributed by atoms with Gasteiger partial charge in [-0.15, -0.1) is 0 Å². The van der Waals surface area contributed by atoms with Gasteiger partial charge in [0.2, 0.25) is 0 Å². The van der Waals surface area contributed by atoms with Gasteiger partial charge in [0.25, 0.3) is 0 Å². The summed E-state index contributed by atoms with van der Waals surface area (Å²) in [5, 5.41) is 4.15. The van der Waals surface area contributed by atoms with Gasteiger partial charge in [-0.25, -0.2) is 9.97 Å². The van der Waals surface area contributed by atoms with Gasteiger partial charge in [-0.3, -0.25) is 0 Å². The molecule has 3 nitrogen and oxygen atoms in total. The molecule has 0 aliphatic carbocycles. The summed E-state index contributed by atoms with van der Waals surface area (Å²) >= 11 is 6.16. The van der Waals surface area contributed by atoms with Crippen LogP contribution in [-0.2, 0) is 12.6 Å². The molecule has 1 unspecified atom stereocenters. The molecule has 0 aliphatic rings. The molecular weight excluding hydrogens is 351 g/mol. The van der Waals surface area contributed by atoms with E-state index in [0.29, 0.717) is 22.6 Å². The number of rotatable bonds is 4. The summed E-state index contributed by atoms with van der Waals surface area (Å²) in [6, 6.07) is 11.3. The fraction of sp³-hybridized carbons (Fsp3) is 0.222. The normalized spacial score (nSPS) is 13.0. The lowest BCUT2D eigenvalue weighted by molar-refractivity contribution is -0.136. The number of fused-ring (bicyclic) bond motifs is 1. The van der Waals surface area contributed by atoms with E-state index in [0.717, 1.165) is 18.0 Å². The van der Waals surface area contributed by atoms with Gasteiger partial charge in [0.1, 0.15) is 12.1 Å². The third-order valence-corrected chi connectivity index (χ3v) is 4.21. The minimum Gasteiger partial charge on any atom is -0.367 e. The Labute approximate surface area is 147 Å². The van der Waals surface area contributed by atoms with E-state index in [-0.39, 0.29) is 11.6 Å². The minimum atomic E-state index is -4.46. The summed E-state index contributed by atoms with van der Waals surface area (Å²) in [5.74, 6) is 0.371. The van der Waals surface area contributed by atoms with E-state index in [1.165, 1.54) is 6.07 Å². The molecular formula is C18H15ClF3N3. The van der Waals surface area contributed by atoms with Crippen LogP contribution in [-0.4, -0.2) is 16.0 Å². The minimum absolute atomic E-state index is 0.0763. The number of halogens is 4. The van der Waals surface area contributed by atoms with Crippen molar-refractivity contribution in [3.8, 4) is 0 Å². The van der Waals surface area contributed by atoms with Crippen molar-refractivity contribution in [2.45, 2.75) is 25.6 Å². The van der Waals surface area contributed by atoms with Gasteiger partial charge in [-0.2, -0.15) is 13.2 Å². The zero-order valence-corrected chi connectivity index (χ0v) is 14.1. The van der Waals surface area contributed by atoms with E-state index in [2.05, 4.69) is 15.3 Å². The molecule has 0 saturated heterocycles. The van der Waals surface area contributed by atoms with E-state index in [9.17, 15) is 13.2 Å². The van der Waals surface area contributed by atoms with Crippen LogP contribution in [0.4, 0.5) is 19.0 Å². The number of nitrogens with zero attached hydrogens (tertiary/aromatic N) is 2. The molecule has 0 fully saturated rings. The summed E-state index contributed by atoms with van der Waals surface area (Å²) in [4.78, 5) is 7.93. The van der Waals surface area contributed by atoms with E-state index >= 15 is 0 Å². The fourth-order valence-corrected chi connectivity index (χ4v) is 2.92. The van der Waals surface area contributed by atoms with Crippen LogP contribution in [0.3, 0.4) is 0 Å². The molecule has 25 heavy (non-hydrogen) atoms. The molecule has 1 heterocycles. The lowest BCUT2D eigenvalue weighted by atomic mass is 10.1. The Balaban J connectivity index is 1.90. The van der Waals surface area contributed by atoms with Crippen molar-refractivity contribution in [1.82, 2.24) is 9.97 Å². The van der Waals surface area contributed by atoms with Crippen LogP contribution in [0.25, 0.3) is 10.9 Å². The molecule has 7 heteroatoms. The number of nitrogens with one attached hydrogen (secondary N) is 1. The van der Waals surface area contributed by atoms with Crippen molar-refractivity contribution in [1.29, 1.82) is 0 Å². The second-order valence-corrected chi connectivity index (χ2v) is 6.17. The molecule has 1 atom stereocenters. The van der Waals surface area contributed by atoms with Gasteiger partial charge in [-0.1, -0.05) is 35.9 Å². The number of anilines is 1. The van der Waals surface area contributed by atoms with Crippen molar-refractivity contribution < 1.29 is 13.2 Å². The number of benzene rings is 2. The van der Waals surface area contributed by atoms with Gasteiger partial charge < -0.3 is 5.32 Å². The summed E-state index contributed by atoms with van der Waals surface area (Å²) in [7, 11) is 0. The van der Waals surface area contributed by atoms with Crippen LogP contribution in [0, 0.1) is 0 Å². The highest BCUT2D eigenvalue weighted by atomic mass is 35.5. The third kappa shape index (κ3) is 3.85. The molecule has 3 aromatic rings. The summed E-state index contributed by atoms with van der Waals surface area (Å²) in [6.07, 6.45) is -2.71. The van der Waals surface area contributed by atoms with E-state index in [1.54, 1.807) is 12.1 Å². The lowest BCUT2D eigenvalue weighted by Crippen LogP contribution is -2.19. The SMILES string of the molecule is CC(Cc1ccccc1Cl)Nc1ncnc2c(C(F)(F)F)cccc12. The Morgan fingerprint density at radius 3 is 2.56 bits per heavy atom. The van der Waals surface area contributed by atoms with Gasteiger partial charge in [0, 0.05) is 16.5 Å². The van der Waals surface area contributed by atoms with Gasteiger partial charge >= 0.3 is 6.18 Å². The Hall–Kier alpha value is -2.34. The van der Waals surface area contributed by atoms with Crippen molar-refractivity contribution in [2.24, 2.45) is 0 Å². The van der Waals surface area contributed by atoms with Crippen LogP contribution in [0.15, 0.2) is 48.8 Å². The molecule has 1 aromatic heterocycles. The Bertz CT molecular complexity index is 896. The predicted molar refractivity (Wildman–Crippen MR) is 92.8 cm³/mol. The zero-order chi connectivity index (χ0) is 18.0. The molecule has 0 amide bonds. The molecule has 0 spiro atoms. The first kappa shape index (κ1) is 17.5.